The van der Waals surface area contributed by atoms with Gasteiger partial charge in [-0.05, 0) is 24.3 Å². The van der Waals surface area contributed by atoms with Gasteiger partial charge in [-0.1, -0.05) is 29.9 Å². The predicted octanol–water partition coefficient (Wildman–Crippen LogP) is 2.98. The fourth-order valence-corrected chi connectivity index (χ4v) is 2.54. The van der Waals surface area contributed by atoms with E-state index in [-0.39, 0.29) is 0 Å². The molecule has 0 bridgehead atoms. The molecule has 0 aliphatic rings. The molecule has 0 aliphatic heterocycles. The minimum Gasteiger partial charge on any atom is -0.486 e. The zero-order valence-corrected chi connectivity index (χ0v) is 11.8. The average molecular weight is 295 g/mol. The summed E-state index contributed by atoms with van der Waals surface area (Å²) in [4.78, 5) is 0.798. The average Bonchev–Trinajstić information content (AvgIpc) is 2.97. The molecule has 2 aromatic heterocycles. The molecule has 0 saturated heterocycles. The van der Waals surface area contributed by atoms with Gasteiger partial charge in [-0.3, -0.25) is 0 Å². The number of halogens is 1. The fourth-order valence-electron chi connectivity index (χ4n) is 1.65. The first-order valence-electron chi connectivity index (χ1n) is 5.84. The lowest BCUT2D eigenvalue weighted by atomic mass is 10.3. The van der Waals surface area contributed by atoms with Crippen molar-refractivity contribution < 1.29 is 4.74 Å². The smallest absolute Gasteiger partial charge is 0.234 e. The Kier molecular flexibility index (Phi) is 3.35. The maximum absolute atomic E-state index is 5.82. The highest BCUT2D eigenvalue weighted by molar-refractivity contribution is 7.16. The summed E-state index contributed by atoms with van der Waals surface area (Å²) in [5.74, 6) is 1.63. The summed E-state index contributed by atoms with van der Waals surface area (Å²) in [6.07, 6.45) is 0.808. The van der Waals surface area contributed by atoms with E-state index in [2.05, 4.69) is 15.3 Å². The van der Waals surface area contributed by atoms with Crippen molar-refractivity contribution >= 4 is 27.9 Å². The second-order valence-electron chi connectivity index (χ2n) is 3.90. The number of aryl methyl sites for hydroxylation is 1. The van der Waals surface area contributed by atoms with Crippen molar-refractivity contribution in [3.8, 4) is 5.75 Å². The molecule has 3 rings (SSSR count). The number of aromatic nitrogens is 4. The molecule has 0 saturated carbocycles. The van der Waals surface area contributed by atoms with Crippen molar-refractivity contribution in [3.63, 3.8) is 0 Å². The first kappa shape index (κ1) is 12.4. The van der Waals surface area contributed by atoms with E-state index in [9.17, 15) is 0 Å². The monoisotopic (exact) mass is 294 g/mol. The van der Waals surface area contributed by atoms with Crippen LogP contribution in [-0.2, 0) is 13.0 Å². The van der Waals surface area contributed by atoms with Gasteiger partial charge in [0.05, 0.1) is 0 Å². The second-order valence-corrected chi connectivity index (χ2v) is 5.38. The number of ether oxygens (including phenoxy) is 1. The molecule has 0 fully saturated rings. The number of rotatable bonds is 4. The van der Waals surface area contributed by atoms with E-state index < -0.39 is 0 Å². The molecule has 0 atom stereocenters. The lowest BCUT2D eigenvalue weighted by Crippen LogP contribution is -1.98. The molecule has 98 valence electrons. The highest BCUT2D eigenvalue weighted by Crippen LogP contribution is 2.19. The molecular weight excluding hydrogens is 284 g/mol. The zero-order valence-electron chi connectivity index (χ0n) is 10.2. The lowest BCUT2D eigenvalue weighted by Gasteiger charge is -2.02. The Morgan fingerprint density at radius 1 is 1.26 bits per heavy atom. The number of hydrogen-bond donors (Lipinski definition) is 0. The van der Waals surface area contributed by atoms with Crippen molar-refractivity contribution in [2.24, 2.45) is 0 Å². The van der Waals surface area contributed by atoms with Gasteiger partial charge in [-0.15, -0.1) is 10.2 Å². The maximum Gasteiger partial charge on any atom is 0.234 e. The zero-order chi connectivity index (χ0) is 13.2. The molecule has 0 spiro atoms. The minimum atomic E-state index is 0.415. The number of benzene rings is 1. The summed E-state index contributed by atoms with van der Waals surface area (Å²) in [5.41, 5.74) is 0. The highest BCUT2D eigenvalue weighted by atomic mass is 35.5. The third kappa shape index (κ3) is 2.54. The molecule has 5 nitrogen and oxygen atoms in total. The Labute approximate surface area is 118 Å². The molecule has 2 heterocycles. The van der Waals surface area contributed by atoms with Crippen LogP contribution in [0, 0.1) is 0 Å². The second kappa shape index (κ2) is 5.14. The highest BCUT2D eigenvalue weighted by Gasteiger charge is 2.10. The van der Waals surface area contributed by atoms with Gasteiger partial charge in [0.2, 0.25) is 4.96 Å². The van der Waals surface area contributed by atoms with Crippen LogP contribution in [0.4, 0.5) is 0 Å². The van der Waals surface area contributed by atoms with Crippen LogP contribution >= 0.6 is 22.9 Å². The van der Waals surface area contributed by atoms with Crippen molar-refractivity contribution in [1.82, 2.24) is 19.8 Å². The van der Waals surface area contributed by atoms with Gasteiger partial charge in [-0.25, -0.2) is 0 Å². The van der Waals surface area contributed by atoms with Gasteiger partial charge in [0, 0.05) is 11.4 Å². The summed E-state index contributed by atoms with van der Waals surface area (Å²) in [6.45, 7) is 2.44. The van der Waals surface area contributed by atoms with Crippen LogP contribution < -0.4 is 4.74 Å². The Bertz CT molecular complexity index is 691. The summed E-state index contributed by atoms with van der Waals surface area (Å²) in [6, 6.07) is 7.26. The van der Waals surface area contributed by atoms with Gasteiger partial charge in [0.25, 0.3) is 0 Å². The van der Waals surface area contributed by atoms with E-state index in [1.807, 2.05) is 19.1 Å². The van der Waals surface area contributed by atoms with Crippen molar-refractivity contribution in [2.75, 3.05) is 0 Å². The van der Waals surface area contributed by atoms with E-state index >= 15 is 0 Å². The van der Waals surface area contributed by atoms with Gasteiger partial charge in [-0.2, -0.15) is 9.61 Å². The van der Waals surface area contributed by atoms with E-state index in [1.165, 1.54) is 11.3 Å². The number of hydrogen-bond acceptors (Lipinski definition) is 5. The molecule has 0 aliphatic carbocycles. The Balaban J connectivity index is 1.74. The Morgan fingerprint density at radius 2 is 2.05 bits per heavy atom. The van der Waals surface area contributed by atoms with Crippen molar-refractivity contribution in [1.29, 1.82) is 0 Å². The molecule has 3 aromatic rings. The van der Waals surface area contributed by atoms with Crippen molar-refractivity contribution in [2.45, 2.75) is 20.0 Å². The Morgan fingerprint density at radius 3 is 2.79 bits per heavy atom. The minimum absolute atomic E-state index is 0.415. The van der Waals surface area contributed by atoms with E-state index in [4.69, 9.17) is 16.3 Å². The molecule has 0 N–H and O–H groups in total. The number of nitrogens with zero attached hydrogens (tertiary/aromatic N) is 4. The quantitative estimate of drug-likeness (QED) is 0.742. The van der Waals surface area contributed by atoms with E-state index in [1.54, 1.807) is 16.6 Å². The topological polar surface area (TPSA) is 52.3 Å². The van der Waals surface area contributed by atoms with Gasteiger partial charge in [0.15, 0.2) is 10.8 Å². The van der Waals surface area contributed by atoms with E-state index in [0.717, 1.165) is 28.0 Å². The van der Waals surface area contributed by atoms with Crippen LogP contribution in [0.1, 0.15) is 17.8 Å². The summed E-state index contributed by atoms with van der Waals surface area (Å²) < 4.78 is 7.42. The van der Waals surface area contributed by atoms with E-state index in [0.29, 0.717) is 11.6 Å². The van der Waals surface area contributed by atoms with Crippen molar-refractivity contribution in [3.05, 3.63) is 40.1 Å². The standard InChI is InChI=1S/C12H11ClN4OS/c1-2-10-14-15-12-17(10)16-11(19-12)7-18-9-5-3-8(13)4-6-9/h3-6H,2,7H2,1H3. The van der Waals surface area contributed by atoms with Gasteiger partial charge >= 0.3 is 0 Å². The summed E-state index contributed by atoms with van der Waals surface area (Å²) >= 11 is 7.30. The first-order valence-corrected chi connectivity index (χ1v) is 7.04. The first-order chi connectivity index (χ1) is 9.26. The van der Waals surface area contributed by atoms with Crippen LogP contribution in [-0.4, -0.2) is 19.8 Å². The molecule has 19 heavy (non-hydrogen) atoms. The van der Waals surface area contributed by atoms with Crippen LogP contribution in [0.15, 0.2) is 24.3 Å². The van der Waals surface area contributed by atoms with Gasteiger partial charge in [0.1, 0.15) is 12.4 Å². The molecule has 1 aromatic carbocycles. The maximum atomic E-state index is 5.82. The SMILES string of the molecule is CCc1nnc2sc(COc3ccc(Cl)cc3)nn12. The molecule has 7 heteroatoms. The normalized spacial score (nSPS) is 11.1. The molecule has 0 amide bonds. The largest absolute Gasteiger partial charge is 0.486 e. The summed E-state index contributed by atoms with van der Waals surface area (Å²) in [5, 5.41) is 14.1. The third-order valence-electron chi connectivity index (χ3n) is 2.59. The number of fused-ring (bicyclic) bond motifs is 1. The van der Waals surface area contributed by atoms with Crippen LogP contribution in [0.3, 0.4) is 0 Å². The summed E-state index contributed by atoms with van der Waals surface area (Å²) in [7, 11) is 0. The predicted molar refractivity (Wildman–Crippen MR) is 73.8 cm³/mol. The lowest BCUT2D eigenvalue weighted by molar-refractivity contribution is 0.304. The van der Waals surface area contributed by atoms with Gasteiger partial charge < -0.3 is 4.74 Å². The fraction of sp³-hybridized carbons (Fsp3) is 0.250. The molecule has 0 radical (unpaired) electrons. The third-order valence-corrected chi connectivity index (χ3v) is 3.71. The van der Waals surface area contributed by atoms with Crippen LogP contribution in [0.2, 0.25) is 5.02 Å². The molecular formula is C12H11ClN4OS. The van der Waals surface area contributed by atoms with Crippen LogP contribution in [0.25, 0.3) is 4.96 Å². The van der Waals surface area contributed by atoms with Crippen LogP contribution in [0.5, 0.6) is 5.75 Å². The molecule has 0 unspecified atom stereocenters. The Hall–Kier alpha value is -1.66.